The molecule has 0 aromatic carbocycles. The molecule has 0 saturated heterocycles. The Balaban J connectivity index is 2.74. The number of nitrogens with zero attached hydrogens (tertiary/aromatic N) is 1. The summed E-state index contributed by atoms with van der Waals surface area (Å²) in [6.45, 7) is 6.52. The van der Waals surface area contributed by atoms with E-state index in [1.54, 1.807) is 12.3 Å². The van der Waals surface area contributed by atoms with Gasteiger partial charge in [-0.2, -0.15) is 0 Å². The standard InChI is InChI=1S/C13H21N3O/c1-4-13(3,7-8-14)16-12(17)11-6-5-10(2)15-9-11/h5-6,9H,4,7-8,14H2,1-3H3,(H,16,17). The summed E-state index contributed by atoms with van der Waals surface area (Å²) >= 11 is 0. The molecule has 0 aliphatic carbocycles. The third kappa shape index (κ3) is 3.82. The molecular weight excluding hydrogens is 214 g/mol. The van der Waals surface area contributed by atoms with E-state index in [4.69, 9.17) is 5.73 Å². The van der Waals surface area contributed by atoms with Gasteiger partial charge < -0.3 is 11.1 Å². The first-order valence-electron chi connectivity index (χ1n) is 5.96. The Morgan fingerprint density at radius 2 is 2.24 bits per heavy atom. The first-order valence-corrected chi connectivity index (χ1v) is 5.96. The van der Waals surface area contributed by atoms with Crippen LogP contribution in [0.5, 0.6) is 0 Å². The normalized spacial score (nSPS) is 14.1. The number of nitrogens with two attached hydrogens (primary N) is 1. The summed E-state index contributed by atoms with van der Waals surface area (Å²) in [5.41, 5.74) is 6.82. The van der Waals surface area contributed by atoms with E-state index in [0.29, 0.717) is 12.1 Å². The molecule has 1 aromatic rings. The number of aromatic nitrogens is 1. The van der Waals surface area contributed by atoms with Crippen molar-refractivity contribution in [2.24, 2.45) is 5.73 Å². The molecule has 4 nitrogen and oxygen atoms in total. The first-order chi connectivity index (χ1) is 8.00. The van der Waals surface area contributed by atoms with Gasteiger partial charge in [0.2, 0.25) is 0 Å². The summed E-state index contributed by atoms with van der Waals surface area (Å²) in [4.78, 5) is 16.1. The fourth-order valence-corrected chi connectivity index (χ4v) is 1.59. The van der Waals surface area contributed by atoms with Crippen LogP contribution in [-0.4, -0.2) is 23.0 Å². The van der Waals surface area contributed by atoms with E-state index in [2.05, 4.69) is 10.3 Å². The van der Waals surface area contributed by atoms with Crippen molar-refractivity contribution in [3.63, 3.8) is 0 Å². The van der Waals surface area contributed by atoms with Crippen LogP contribution in [0.4, 0.5) is 0 Å². The van der Waals surface area contributed by atoms with Gasteiger partial charge >= 0.3 is 0 Å². The average molecular weight is 235 g/mol. The molecule has 94 valence electrons. The highest BCUT2D eigenvalue weighted by Gasteiger charge is 2.23. The van der Waals surface area contributed by atoms with Gasteiger partial charge in [-0.05, 0) is 45.4 Å². The molecule has 1 atom stereocenters. The topological polar surface area (TPSA) is 68.0 Å². The van der Waals surface area contributed by atoms with Gasteiger partial charge in [-0.25, -0.2) is 0 Å². The molecule has 0 saturated carbocycles. The highest BCUT2D eigenvalue weighted by molar-refractivity contribution is 5.94. The smallest absolute Gasteiger partial charge is 0.253 e. The molecule has 1 rings (SSSR count). The van der Waals surface area contributed by atoms with Gasteiger partial charge in [0.05, 0.1) is 5.56 Å². The molecule has 0 fully saturated rings. The van der Waals surface area contributed by atoms with Gasteiger partial charge in [0.15, 0.2) is 0 Å². The van der Waals surface area contributed by atoms with E-state index in [1.807, 2.05) is 26.8 Å². The lowest BCUT2D eigenvalue weighted by Crippen LogP contribution is -2.46. The van der Waals surface area contributed by atoms with E-state index >= 15 is 0 Å². The van der Waals surface area contributed by atoms with Crippen LogP contribution in [-0.2, 0) is 0 Å². The SMILES string of the molecule is CCC(C)(CCN)NC(=O)c1ccc(C)nc1. The summed E-state index contributed by atoms with van der Waals surface area (Å²) in [5, 5.41) is 3.02. The summed E-state index contributed by atoms with van der Waals surface area (Å²) in [7, 11) is 0. The molecule has 0 aliphatic rings. The maximum atomic E-state index is 12.0. The van der Waals surface area contributed by atoms with Crippen LogP contribution >= 0.6 is 0 Å². The summed E-state index contributed by atoms with van der Waals surface area (Å²) in [6.07, 6.45) is 3.23. The Kier molecular flexibility index (Phi) is 4.63. The number of amides is 1. The Morgan fingerprint density at radius 1 is 1.53 bits per heavy atom. The minimum atomic E-state index is -0.239. The molecule has 0 bridgehead atoms. The van der Waals surface area contributed by atoms with E-state index in [9.17, 15) is 4.79 Å². The molecule has 1 heterocycles. The van der Waals surface area contributed by atoms with Crippen molar-refractivity contribution < 1.29 is 4.79 Å². The number of hydrogen-bond acceptors (Lipinski definition) is 3. The number of carbonyl (C=O) groups excluding carboxylic acids is 1. The van der Waals surface area contributed by atoms with E-state index in [1.165, 1.54) is 0 Å². The van der Waals surface area contributed by atoms with Crippen molar-refractivity contribution in [1.82, 2.24) is 10.3 Å². The van der Waals surface area contributed by atoms with Crippen LogP contribution in [0.1, 0.15) is 42.7 Å². The Hall–Kier alpha value is -1.42. The van der Waals surface area contributed by atoms with Gasteiger partial charge in [-0.1, -0.05) is 6.92 Å². The molecule has 1 unspecified atom stereocenters. The lowest BCUT2D eigenvalue weighted by molar-refractivity contribution is 0.0899. The molecule has 0 spiro atoms. The van der Waals surface area contributed by atoms with E-state index < -0.39 is 0 Å². The third-order valence-electron chi connectivity index (χ3n) is 3.07. The molecule has 4 heteroatoms. The Labute approximate surface area is 103 Å². The number of nitrogens with one attached hydrogen (secondary N) is 1. The lowest BCUT2D eigenvalue weighted by Gasteiger charge is -2.29. The first kappa shape index (κ1) is 13.6. The minimum absolute atomic E-state index is 0.0877. The number of pyridine rings is 1. The van der Waals surface area contributed by atoms with Crippen molar-refractivity contribution >= 4 is 5.91 Å². The quantitative estimate of drug-likeness (QED) is 0.815. The second-order valence-corrected chi connectivity index (χ2v) is 4.60. The second-order valence-electron chi connectivity index (χ2n) is 4.60. The van der Waals surface area contributed by atoms with E-state index in [0.717, 1.165) is 18.5 Å². The summed E-state index contributed by atoms with van der Waals surface area (Å²) < 4.78 is 0. The highest BCUT2D eigenvalue weighted by atomic mass is 16.1. The largest absolute Gasteiger partial charge is 0.347 e. The highest BCUT2D eigenvalue weighted by Crippen LogP contribution is 2.14. The van der Waals surface area contributed by atoms with Crippen molar-refractivity contribution in [1.29, 1.82) is 0 Å². The lowest BCUT2D eigenvalue weighted by atomic mass is 9.94. The Bertz CT molecular complexity index is 375. The fourth-order valence-electron chi connectivity index (χ4n) is 1.59. The summed E-state index contributed by atoms with van der Waals surface area (Å²) in [5.74, 6) is -0.0877. The predicted molar refractivity (Wildman–Crippen MR) is 68.8 cm³/mol. The van der Waals surface area contributed by atoms with Gasteiger partial charge in [0, 0.05) is 17.4 Å². The van der Waals surface area contributed by atoms with Crippen LogP contribution in [0.25, 0.3) is 0 Å². The maximum absolute atomic E-state index is 12.0. The molecule has 3 N–H and O–H groups in total. The molecule has 1 aromatic heterocycles. The van der Waals surface area contributed by atoms with Crippen LogP contribution < -0.4 is 11.1 Å². The van der Waals surface area contributed by atoms with E-state index in [-0.39, 0.29) is 11.4 Å². The molecule has 0 radical (unpaired) electrons. The summed E-state index contributed by atoms with van der Waals surface area (Å²) in [6, 6.07) is 3.62. The zero-order valence-electron chi connectivity index (χ0n) is 10.8. The van der Waals surface area contributed by atoms with Crippen molar-refractivity contribution in [2.45, 2.75) is 39.2 Å². The van der Waals surface area contributed by atoms with Gasteiger partial charge in [-0.3, -0.25) is 9.78 Å². The average Bonchev–Trinajstić information content (AvgIpc) is 2.30. The molecule has 17 heavy (non-hydrogen) atoms. The van der Waals surface area contributed by atoms with Gasteiger partial charge in [0.1, 0.15) is 0 Å². The van der Waals surface area contributed by atoms with Crippen LogP contribution in [0.3, 0.4) is 0 Å². The second kappa shape index (κ2) is 5.77. The van der Waals surface area contributed by atoms with Crippen molar-refractivity contribution in [2.75, 3.05) is 6.54 Å². The van der Waals surface area contributed by atoms with Crippen LogP contribution in [0.2, 0.25) is 0 Å². The third-order valence-corrected chi connectivity index (χ3v) is 3.07. The van der Waals surface area contributed by atoms with Crippen LogP contribution in [0.15, 0.2) is 18.3 Å². The van der Waals surface area contributed by atoms with Crippen molar-refractivity contribution in [3.05, 3.63) is 29.6 Å². The maximum Gasteiger partial charge on any atom is 0.253 e. The van der Waals surface area contributed by atoms with Crippen molar-refractivity contribution in [3.8, 4) is 0 Å². The van der Waals surface area contributed by atoms with Crippen LogP contribution in [0, 0.1) is 6.92 Å². The fraction of sp³-hybridized carbons (Fsp3) is 0.538. The monoisotopic (exact) mass is 235 g/mol. The number of hydrogen-bond donors (Lipinski definition) is 2. The number of aryl methyl sites for hydroxylation is 1. The zero-order valence-corrected chi connectivity index (χ0v) is 10.8. The molecular formula is C13H21N3O. The minimum Gasteiger partial charge on any atom is -0.347 e. The zero-order chi connectivity index (χ0) is 12.9. The molecule has 1 amide bonds. The number of rotatable bonds is 5. The molecule has 0 aliphatic heterocycles. The predicted octanol–water partition coefficient (Wildman–Crippen LogP) is 1.64. The van der Waals surface area contributed by atoms with Gasteiger partial charge in [-0.15, -0.1) is 0 Å². The van der Waals surface area contributed by atoms with Gasteiger partial charge in [0.25, 0.3) is 5.91 Å². The Morgan fingerprint density at radius 3 is 2.71 bits per heavy atom. The number of carbonyl (C=O) groups is 1.